The van der Waals surface area contributed by atoms with Gasteiger partial charge in [0.25, 0.3) is 0 Å². The highest BCUT2D eigenvalue weighted by atomic mass is 16.5. The van der Waals surface area contributed by atoms with E-state index in [0.29, 0.717) is 11.8 Å². The zero-order chi connectivity index (χ0) is 31.9. The smallest absolute Gasteiger partial charge is 0.137 e. The minimum atomic E-state index is 0.427. The maximum atomic E-state index is 6.66. The molecule has 0 aliphatic heterocycles. The summed E-state index contributed by atoms with van der Waals surface area (Å²) in [5.41, 5.74) is 11.0. The molecule has 5 nitrogen and oxygen atoms in total. The van der Waals surface area contributed by atoms with Gasteiger partial charge in [-0.05, 0) is 113 Å². The van der Waals surface area contributed by atoms with Crippen molar-refractivity contribution in [3.63, 3.8) is 0 Å². The second kappa shape index (κ2) is 12.3. The Morgan fingerprint density at radius 3 is 2.48 bits per heavy atom. The number of ether oxygens (including phenoxy) is 1. The van der Waals surface area contributed by atoms with Crippen LogP contribution in [-0.4, -0.2) is 19.3 Å². The van der Waals surface area contributed by atoms with Crippen molar-refractivity contribution in [1.82, 2.24) is 19.3 Å². The molecule has 0 bridgehead atoms. The highest BCUT2D eigenvalue weighted by molar-refractivity contribution is 6.09. The molecule has 2 atom stereocenters. The van der Waals surface area contributed by atoms with Gasteiger partial charge < -0.3 is 4.74 Å². The SMILES string of the molecule is CCCCc1c([C@@H]2C(C)=CCC[C@@H]2C)c(C)nn1-c1cc(C)cc(Oc2ccc3c4ccccc4n(-c4cc(C)ccn4)c3c2)c1. The van der Waals surface area contributed by atoms with E-state index in [9.17, 15) is 0 Å². The lowest BCUT2D eigenvalue weighted by molar-refractivity contribution is 0.446. The van der Waals surface area contributed by atoms with Gasteiger partial charge in [0, 0.05) is 46.3 Å². The number of aromatic nitrogens is 4. The average Bonchev–Trinajstić information content (AvgIpc) is 3.53. The number of aryl methyl sites for hydroxylation is 3. The first-order chi connectivity index (χ1) is 22.3. The normalized spacial score (nSPS) is 16.7. The number of fused-ring (bicyclic) bond motifs is 3. The predicted octanol–water partition coefficient (Wildman–Crippen LogP) is 10.9. The van der Waals surface area contributed by atoms with Crippen LogP contribution in [0.2, 0.25) is 0 Å². The topological polar surface area (TPSA) is 44.9 Å². The number of hydrogen-bond donors (Lipinski definition) is 0. The van der Waals surface area contributed by atoms with Crippen molar-refractivity contribution in [1.29, 1.82) is 0 Å². The lowest BCUT2D eigenvalue weighted by Crippen LogP contribution is -2.17. The number of unbranched alkanes of at least 4 members (excludes halogenated alkanes) is 1. The molecule has 7 rings (SSSR count). The molecule has 0 unspecified atom stereocenters. The number of allylic oxidation sites excluding steroid dienone is 2. The Hall–Kier alpha value is -4.64. The van der Waals surface area contributed by atoms with Crippen molar-refractivity contribution in [3.05, 3.63) is 119 Å². The molecule has 46 heavy (non-hydrogen) atoms. The Kier molecular flexibility index (Phi) is 8.02. The van der Waals surface area contributed by atoms with E-state index in [1.165, 1.54) is 46.0 Å². The molecule has 0 spiro atoms. The van der Waals surface area contributed by atoms with Gasteiger partial charge in [-0.25, -0.2) is 9.67 Å². The minimum Gasteiger partial charge on any atom is -0.457 e. The Morgan fingerprint density at radius 2 is 1.67 bits per heavy atom. The fourth-order valence-electron chi connectivity index (χ4n) is 7.57. The third-order valence-electron chi connectivity index (χ3n) is 9.72. The van der Waals surface area contributed by atoms with Crippen molar-refractivity contribution in [3.8, 4) is 23.0 Å². The first-order valence-corrected chi connectivity index (χ1v) is 16.8. The monoisotopic (exact) mass is 608 g/mol. The van der Waals surface area contributed by atoms with E-state index < -0.39 is 0 Å². The van der Waals surface area contributed by atoms with Gasteiger partial charge in [-0.3, -0.25) is 4.57 Å². The summed E-state index contributed by atoms with van der Waals surface area (Å²) in [7, 11) is 0. The van der Waals surface area contributed by atoms with E-state index in [1.807, 2.05) is 12.3 Å². The first-order valence-electron chi connectivity index (χ1n) is 16.8. The number of benzene rings is 3. The van der Waals surface area contributed by atoms with Crippen molar-refractivity contribution in [2.75, 3.05) is 0 Å². The zero-order valence-electron chi connectivity index (χ0n) is 28.0. The summed E-state index contributed by atoms with van der Waals surface area (Å²) in [5, 5.41) is 7.59. The van der Waals surface area contributed by atoms with Crippen LogP contribution in [0.3, 0.4) is 0 Å². The quantitative estimate of drug-likeness (QED) is 0.161. The van der Waals surface area contributed by atoms with Gasteiger partial charge in [-0.1, -0.05) is 50.1 Å². The molecule has 1 aliphatic rings. The molecule has 0 saturated carbocycles. The van der Waals surface area contributed by atoms with Crippen LogP contribution in [0, 0.1) is 26.7 Å². The first kappa shape index (κ1) is 30.0. The van der Waals surface area contributed by atoms with Crippen LogP contribution in [0.1, 0.15) is 80.5 Å². The molecule has 0 N–H and O–H groups in total. The van der Waals surface area contributed by atoms with Crippen LogP contribution in [0.4, 0.5) is 0 Å². The molecule has 3 heterocycles. The van der Waals surface area contributed by atoms with Crippen molar-refractivity contribution >= 4 is 21.8 Å². The number of rotatable bonds is 8. The van der Waals surface area contributed by atoms with Crippen LogP contribution in [0.15, 0.2) is 90.6 Å². The van der Waals surface area contributed by atoms with Crippen LogP contribution < -0.4 is 4.74 Å². The van der Waals surface area contributed by atoms with Gasteiger partial charge in [-0.15, -0.1) is 0 Å². The lowest BCUT2D eigenvalue weighted by Gasteiger charge is -2.30. The van der Waals surface area contributed by atoms with E-state index in [1.54, 1.807) is 0 Å². The number of hydrogen-bond acceptors (Lipinski definition) is 3. The Labute approximate surface area is 272 Å². The van der Waals surface area contributed by atoms with Crippen LogP contribution in [0.25, 0.3) is 33.3 Å². The minimum absolute atomic E-state index is 0.427. The molecule has 5 heteroatoms. The molecular weight excluding hydrogens is 564 g/mol. The Morgan fingerprint density at radius 1 is 0.848 bits per heavy atom. The average molecular weight is 609 g/mol. The summed E-state index contributed by atoms with van der Waals surface area (Å²) >= 11 is 0. The van der Waals surface area contributed by atoms with E-state index in [2.05, 4.69) is 124 Å². The third kappa shape index (κ3) is 5.42. The predicted molar refractivity (Wildman–Crippen MR) is 190 cm³/mol. The summed E-state index contributed by atoms with van der Waals surface area (Å²) < 4.78 is 11.1. The molecule has 1 aliphatic carbocycles. The second-order valence-corrected chi connectivity index (χ2v) is 13.3. The third-order valence-corrected chi connectivity index (χ3v) is 9.72. The molecule has 234 valence electrons. The van der Waals surface area contributed by atoms with Gasteiger partial charge in [0.05, 0.1) is 22.4 Å². The molecule has 0 radical (unpaired) electrons. The number of nitrogens with zero attached hydrogens (tertiary/aromatic N) is 4. The summed E-state index contributed by atoms with van der Waals surface area (Å²) in [6.45, 7) is 13.4. The molecule has 0 amide bonds. The summed E-state index contributed by atoms with van der Waals surface area (Å²) in [4.78, 5) is 4.74. The van der Waals surface area contributed by atoms with Crippen molar-refractivity contribution < 1.29 is 4.74 Å². The van der Waals surface area contributed by atoms with Crippen molar-refractivity contribution in [2.45, 2.75) is 79.6 Å². The Balaban J connectivity index is 1.31. The van der Waals surface area contributed by atoms with Crippen LogP contribution >= 0.6 is 0 Å². The fourth-order valence-corrected chi connectivity index (χ4v) is 7.57. The van der Waals surface area contributed by atoms with E-state index >= 15 is 0 Å². The molecule has 3 aromatic carbocycles. The molecule has 6 aromatic rings. The van der Waals surface area contributed by atoms with Gasteiger partial charge in [0.15, 0.2) is 0 Å². The second-order valence-electron chi connectivity index (χ2n) is 13.3. The largest absolute Gasteiger partial charge is 0.457 e. The van der Waals surface area contributed by atoms with E-state index in [4.69, 9.17) is 14.8 Å². The van der Waals surface area contributed by atoms with E-state index in [0.717, 1.165) is 64.6 Å². The highest BCUT2D eigenvalue weighted by Gasteiger charge is 2.30. The van der Waals surface area contributed by atoms with Crippen LogP contribution in [-0.2, 0) is 6.42 Å². The van der Waals surface area contributed by atoms with Crippen molar-refractivity contribution in [2.24, 2.45) is 5.92 Å². The highest BCUT2D eigenvalue weighted by Crippen LogP contribution is 2.42. The van der Waals surface area contributed by atoms with Gasteiger partial charge >= 0.3 is 0 Å². The molecule has 0 saturated heterocycles. The number of pyridine rings is 1. The molecular formula is C41H44N4O. The maximum Gasteiger partial charge on any atom is 0.137 e. The molecule has 3 aromatic heterocycles. The zero-order valence-corrected chi connectivity index (χ0v) is 28.0. The summed E-state index contributed by atoms with van der Waals surface area (Å²) in [5.74, 6) is 3.54. The van der Waals surface area contributed by atoms with Gasteiger partial charge in [-0.2, -0.15) is 5.10 Å². The lowest BCUT2D eigenvalue weighted by atomic mass is 9.75. The summed E-state index contributed by atoms with van der Waals surface area (Å²) in [6.07, 6.45) is 10.0. The Bertz CT molecular complexity index is 2100. The summed E-state index contributed by atoms with van der Waals surface area (Å²) in [6, 6.07) is 25.6. The van der Waals surface area contributed by atoms with Gasteiger partial charge in [0.2, 0.25) is 0 Å². The van der Waals surface area contributed by atoms with Crippen LogP contribution in [0.5, 0.6) is 11.5 Å². The maximum absolute atomic E-state index is 6.66. The van der Waals surface area contributed by atoms with Gasteiger partial charge in [0.1, 0.15) is 17.3 Å². The standard InChI is InChI=1S/C41H44N4O/c1-7-8-15-37-41(40-28(4)12-11-13-29(40)5)30(6)43-45(37)31-21-27(3)22-33(24-31)46-32-17-18-35-34-14-9-10-16-36(34)44(38(35)25-32)39-23-26(2)19-20-42-39/h9-10,12,14,16-25,29,40H,7-8,11,13,15H2,1-6H3/t29-,40+/m0/s1. The fraction of sp³-hybridized carbons (Fsp3) is 0.317. The van der Waals surface area contributed by atoms with E-state index in [-0.39, 0.29) is 0 Å². The molecule has 0 fully saturated rings. The number of para-hydroxylation sites is 1.